The highest BCUT2D eigenvalue weighted by atomic mass is 79.9. The van der Waals surface area contributed by atoms with E-state index in [0.29, 0.717) is 16.6 Å². The molecule has 0 atom stereocenters. The third-order valence-corrected chi connectivity index (χ3v) is 7.12. The minimum atomic E-state index is -0.0297. The molecule has 2 heterocycles. The molecule has 1 amide bonds. The number of carbonyl (C=O) groups is 1. The van der Waals surface area contributed by atoms with E-state index in [1.54, 1.807) is 22.7 Å². The summed E-state index contributed by atoms with van der Waals surface area (Å²) in [7, 11) is 2.00. The first-order valence-corrected chi connectivity index (χ1v) is 10.7. The Morgan fingerprint density at radius 1 is 1.15 bits per heavy atom. The number of thioether (sulfide) groups is 2. The molecule has 0 unspecified atom stereocenters. The number of hydrogen-bond acceptors (Lipinski definition) is 5. The largest absolute Gasteiger partial charge is 0.337 e. The molecule has 0 saturated carbocycles. The van der Waals surface area contributed by atoms with E-state index in [9.17, 15) is 4.79 Å². The van der Waals surface area contributed by atoms with Crippen molar-refractivity contribution in [2.75, 3.05) is 18.5 Å². The summed E-state index contributed by atoms with van der Waals surface area (Å²) < 4.78 is 0.995. The normalized spacial score (nSPS) is 20.5. The zero-order valence-corrected chi connectivity index (χ0v) is 17.8. The first-order valence-electron chi connectivity index (χ1n) is 8.28. The Bertz CT molecular complexity index is 985. The monoisotopic (exact) mass is 457 g/mol. The van der Waals surface area contributed by atoms with E-state index in [1.165, 1.54) is 11.8 Å². The van der Waals surface area contributed by atoms with Crippen molar-refractivity contribution in [2.24, 2.45) is 4.99 Å². The van der Waals surface area contributed by atoms with Crippen molar-refractivity contribution in [3.63, 3.8) is 0 Å². The van der Waals surface area contributed by atoms with Crippen molar-refractivity contribution < 1.29 is 4.79 Å². The van der Waals surface area contributed by atoms with Crippen LogP contribution in [-0.2, 0) is 4.79 Å². The first kappa shape index (κ1) is 18.4. The van der Waals surface area contributed by atoms with E-state index >= 15 is 0 Å². The second-order valence-corrected chi connectivity index (χ2v) is 8.86. The van der Waals surface area contributed by atoms with E-state index < -0.39 is 0 Å². The highest BCUT2D eigenvalue weighted by Crippen LogP contribution is 2.49. The molecule has 2 aromatic carbocycles. The van der Waals surface area contributed by atoms with Gasteiger partial charge in [-0.2, -0.15) is 0 Å². The molecule has 7 heteroatoms. The molecule has 0 N–H and O–H groups in total. The number of fused-ring (bicyclic) bond motifs is 1. The van der Waals surface area contributed by atoms with Gasteiger partial charge in [0.15, 0.2) is 5.17 Å². The van der Waals surface area contributed by atoms with E-state index in [0.717, 1.165) is 25.8 Å². The number of amides is 1. The van der Waals surface area contributed by atoms with Gasteiger partial charge in [-0.15, -0.1) is 6.58 Å². The maximum Gasteiger partial charge on any atom is 0.269 e. The molecule has 0 radical (unpaired) electrons. The quantitative estimate of drug-likeness (QED) is 0.443. The number of rotatable bonds is 3. The molecule has 1 saturated heterocycles. The summed E-state index contributed by atoms with van der Waals surface area (Å²) in [5.74, 6) is -0.0297. The van der Waals surface area contributed by atoms with Crippen molar-refractivity contribution in [1.29, 1.82) is 0 Å². The molecule has 2 aliphatic rings. The van der Waals surface area contributed by atoms with Gasteiger partial charge in [0.1, 0.15) is 4.91 Å². The van der Waals surface area contributed by atoms with Gasteiger partial charge in [-0.25, -0.2) is 4.99 Å². The molecule has 0 aromatic heterocycles. The number of hydrogen-bond donors (Lipinski definition) is 0. The average Bonchev–Trinajstić information content (AvgIpc) is 3.16. The Balaban J connectivity index is 1.73. The van der Waals surface area contributed by atoms with Gasteiger partial charge in [0, 0.05) is 23.0 Å². The fourth-order valence-electron chi connectivity index (χ4n) is 2.84. The van der Waals surface area contributed by atoms with Gasteiger partial charge in [-0.05, 0) is 48.2 Å². The van der Waals surface area contributed by atoms with Crippen molar-refractivity contribution >= 4 is 61.9 Å². The van der Waals surface area contributed by atoms with Crippen LogP contribution in [0.25, 0.3) is 0 Å². The van der Waals surface area contributed by atoms with Crippen molar-refractivity contribution in [3.8, 4) is 0 Å². The second-order valence-electron chi connectivity index (χ2n) is 5.94. The number of amidine groups is 1. The zero-order valence-electron chi connectivity index (χ0n) is 14.6. The molecular formula is C20H16BrN3OS2. The van der Waals surface area contributed by atoms with Gasteiger partial charge in [0.25, 0.3) is 5.91 Å². The summed E-state index contributed by atoms with van der Waals surface area (Å²) in [4.78, 5) is 23.4. The Morgan fingerprint density at radius 2 is 1.89 bits per heavy atom. The smallest absolute Gasteiger partial charge is 0.269 e. The predicted molar refractivity (Wildman–Crippen MR) is 118 cm³/mol. The minimum Gasteiger partial charge on any atom is -0.337 e. The summed E-state index contributed by atoms with van der Waals surface area (Å²) in [6.07, 6.45) is 1.73. The van der Waals surface area contributed by atoms with Crippen LogP contribution in [0.2, 0.25) is 0 Å². The van der Waals surface area contributed by atoms with Crippen LogP contribution in [0.5, 0.6) is 0 Å². The lowest BCUT2D eigenvalue weighted by atomic mass is 10.3. The lowest BCUT2D eigenvalue weighted by Crippen LogP contribution is -2.29. The molecule has 0 bridgehead atoms. The van der Waals surface area contributed by atoms with Crippen LogP contribution < -0.4 is 4.90 Å². The fraction of sp³-hybridized carbons (Fsp3) is 0.100. The predicted octanol–water partition coefficient (Wildman–Crippen LogP) is 5.61. The van der Waals surface area contributed by atoms with Crippen LogP contribution in [0.3, 0.4) is 0 Å². The Morgan fingerprint density at radius 3 is 2.59 bits per heavy atom. The third-order valence-electron chi connectivity index (χ3n) is 4.16. The maximum atomic E-state index is 13.1. The fourth-order valence-corrected chi connectivity index (χ4v) is 5.45. The lowest BCUT2D eigenvalue weighted by Gasteiger charge is -2.15. The van der Waals surface area contributed by atoms with Gasteiger partial charge in [-0.1, -0.05) is 45.9 Å². The van der Waals surface area contributed by atoms with Gasteiger partial charge >= 0.3 is 0 Å². The maximum absolute atomic E-state index is 13.1. The number of benzene rings is 2. The number of para-hydroxylation sites is 1. The number of aliphatic imine (C=N–C) groups is 1. The van der Waals surface area contributed by atoms with Crippen LogP contribution in [0.1, 0.15) is 0 Å². The highest BCUT2D eigenvalue weighted by Gasteiger charge is 2.38. The zero-order chi connectivity index (χ0) is 19.0. The summed E-state index contributed by atoms with van der Waals surface area (Å²) in [5, 5.41) is 1.62. The minimum absolute atomic E-state index is 0.0297. The number of nitrogens with zero attached hydrogens (tertiary/aromatic N) is 3. The topological polar surface area (TPSA) is 35.9 Å². The molecule has 4 nitrogen and oxygen atoms in total. The summed E-state index contributed by atoms with van der Waals surface area (Å²) >= 11 is 6.48. The molecule has 2 aliphatic heterocycles. The molecule has 4 rings (SSSR count). The van der Waals surface area contributed by atoms with E-state index in [1.807, 2.05) is 43.4 Å². The van der Waals surface area contributed by atoms with Crippen LogP contribution in [-0.4, -0.2) is 29.6 Å². The van der Waals surface area contributed by atoms with E-state index in [2.05, 4.69) is 39.5 Å². The van der Waals surface area contributed by atoms with E-state index in [4.69, 9.17) is 4.99 Å². The van der Waals surface area contributed by atoms with Crippen molar-refractivity contribution in [3.05, 3.63) is 75.6 Å². The number of halogens is 1. The Kier molecular flexibility index (Phi) is 5.16. The average molecular weight is 458 g/mol. The van der Waals surface area contributed by atoms with Gasteiger partial charge in [0.05, 0.1) is 16.4 Å². The van der Waals surface area contributed by atoms with Crippen molar-refractivity contribution in [1.82, 2.24) is 4.90 Å². The highest BCUT2D eigenvalue weighted by molar-refractivity contribution is 9.10. The molecule has 27 heavy (non-hydrogen) atoms. The standard InChI is InChI=1S/C20H16BrN3OS2/c1-3-12-24-18(25)17(19-23(2)15-6-4-5-7-16(15)26-19)27-20(24)22-14-10-8-13(21)9-11-14/h3-11H,1,12H2,2H3/b19-17+,22-20?. The van der Waals surface area contributed by atoms with Gasteiger partial charge in [-0.3, -0.25) is 9.69 Å². The number of carbonyl (C=O) groups excluding carboxylic acids is 1. The Labute approximate surface area is 175 Å². The lowest BCUT2D eigenvalue weighted by molar-refractivity contribution is -0.121. The molecule has 0 spiro atoms. The molecule has 1 fully saturated rings. The van der Waals surface area contributed by atoms with E-state index in [-0.39, 0.29) is 5.91 Å². The summed E-state index contributed by atoms with van der Waals surface area (Å²) in [6, 6.07) is 15.9. The third kappa shape index (κ3) is 3.47. The first-order chi connectivity index (χ1) is 13.1. The van der Waals surface area contributed by atoms with Crippen LogP contribution in [0.15, 0.2) is 85.5 Å². The molecule has 2 aromatic rings. The molecular weight excluding hydrogens is 442 g/mol. The van der Waals surface area contributed by atoms with Crippen LogP contribution in [0, 0.1) is 0 Å². The van der Waals surface area contributed by atoms with Gasteiger partial charge < -0.3 is 4.90 Å². The number of anilines is 1. The van der Waals surface area contributed by atoms with Crippen molar-refractivity contribution in [2.45, 2.75) is 4.90 Å². The van der Waals surface area contributed by atoms with Gasteiger partial charge in [0.2, 0.25) is 0 Å². The molecule has 136 valence electrons. The molecule has 0 aliphatic carbocycles. The second kappa shape index (κ2) is 7.58. The SMILES string of the molecule is C=CCN1C(=O)/C(=C2\Sc3ccccc3N2C)SC1=Nc1ccc(Br)cc1. The van der Waals surface area contributed by atoms with Crippen LogP contribution in [0.4, 0.5) is 11.4 Å². The van der Waals surface area contributed by atoms with Crippen LogP contribution >= 0.6 is 39.5 Å². The summed E-state index contributed by atoms with van der Waals surface area (Å²) in [5.41, 5.74) is 1.93. The Hall–Kier alpha value is -1.96. The summed E-state index contributed by atoms with van der Waals surface area (Å²) in [6.45, 7) is 4.22.